The minimum Gasteiger partial charge on any atom is -0.313 e. The van der Waals surface area contributed by atoms with Gasteiger partial charge in [-0.1, -0.05) is 24.9 Å². The Hall–Kier alpha value is -0.620. The summed E-state index contributed by atoms with van der Waals surface area (Å²) >= 11 is 6.16. The highest BCUT2D eigenvalue weighted by molar-refractivity contribution is 7.89. The maximum atomic E-state index is 12.6. The summed E-state index contributed by atoms with van der Waals surface area (Å²) in [4.78, 5) is 0.328. The monoisotopic (exact) mass is 330 g/mol. The molecule has 4 nitrogen and oxygen atoms in total. The van der Waals surface area contributed by atoms with Crippen molar-refractivity contribution in [2.75, 3.05) is 13.6 Å². The summed E-state index contributed by atoms with van der Waals surface area (Å²) in [7, 11) is -1.75. The van der Waals surface area contributed by atoms with Crippen LogP contribution in [0.1, 0.15) is 38.2 Å². The molecule has 0 saturated heterocycles. The summed E-state index contributed by atoms with van der Waals surface area (Å²) in [6.45, 7) is 3.56. The van der Waals surface area contributed by atoms with E-state index in [0.29, 0.717) is 16.5 Å². The van der Waals surface area contributed by atoms with Gasteiger partial charge in [0.15, 0.2) is 0 Å². The van der Waals surface area contributed by atoms with Gasteiger partial charge in [-0.3, -0.25) is 0 Å². The third kappa shape index (κ3) is 3.77. The van der Waals surface area contributed by atoms with Crippen molar-refractivity contribution in [1.82, 2.24) is 9.62 Å². The van der Waals surface area contributed by atoms with Crippen molar-refractivity contribution in [2.45, 2.75) is 50.1 Å². The zero-order valence-corrected chi connectivity index (χ0v) is 14.2. The maximum absolute atomic E-state index is 12.6. The second-order valence-corrected chi connectivity index (χ2v) is 7.94. The largest absolute Gasteiger partial charge is 0.313 e. The Kier molecular flexibility index (Phi) is 5.66. The Labute approximate surface area is 132 Å². The quantitative estimate of drug-likeness (QED) is 0.782. The van der Waals surface area contributed by atoms with Crippen LogP contribution in [0.2, 0.25) is 5.02 Å². The van der Waals surface area contributed by atoms with Crippen molar-refractivity contribution < 1.29 is 8.42 Å². The highest BCUT2D eigenvalue weighted by atomic mass is 35.5. The van der Waals surface area contributed by atoms with Crippen LogP contribution in [0.15, 0.2) is 23.1 Å². The number of sulfonamides is 1. The van der Waals surface area contributed by atoms with Gasteiger partial charge < -0.3 is 5.32 Å². The standard InChI is InChI=1S/C15H23ClN2O2S/c1-3-9-17-11-12-10-14(7-8-15(12)16)21(19,20)18(2)13-5-4-6-13/h7-8,10,13,17H,3-6,9,11H2,1-2H3. The third-order valence-electron chi connectivity index (χ3n) is 4.03. The summed E-state index contributed by atoms with van der Waals surface area (Å²) in [6.07, 6.45) is 4.04. The molecule has 6 heteroatoms. The predicted octanol–water partition coefficient (Wildman–Crippen LogP) is 3.01. The lowest BCUT2D eigenvalue weighted by Gasteiger charge is -2.33. The highest BCUT2D eigenvalue weighted by Crippen LogP contribution is 2.29. The average molecular weight is 331 g/mol. The van der Waals surface area contributed by atoms with E-state index in [2.05, 4.69) is 12.2 Å². The molecule has 0 unspecified atom stereocenters. The summed E-state index contributed by atoms with van der Waals surface area (Å²) in [6, 6.07) is 5.10. The number of nitrogens with one attached hydrogen (secondary N) is 1. The molecule has 1 aromatic carbocycles. The Morgan fingerprint density at radius 1 is 1.38 bits per heavy atom. The van der Waals surface area contributed by atoms with E-state index in [9.17, 15) is 8.42 Å². The number of hydrogen-bond donors (Lipinski definition) is 1. The van der Waals surface area contributed by atoms with Gasteiger partial charge in [0.25, 0.3) is 0 Å². The van der Waals surface area contributed by atoms with Crippen LogP contribution in [-0.4, -0.2) is 32.4 Å². The van der Waals surface area contributed by atoms with Crippen LogP contribution in [0, 0.1) is 0 Å². The van der Waals surface area contributed by atoms with E-state index in [1.807, 2.05) is 0 Å². The zero-order valence-electron chi connectivity index (χ0n) is 12.6. The number of hydrogen-bond acceptors (Lipinski definition) is 3. The van der Waals surface area contributed by atoms with Crippen LogP contribution in [0.25, 0.3) is 0 Å². The van der Waals surface area contributed by atoms with E-state index in [0.717, 1.165) is 37.8 Å². The molecule has 1 fully saturated rings. The number of benzene rings is 1. The van der Waals surface area contributed by atoms with Crippen LogP contribution < -0.4 is 5.32 Å². The molecule has 21 heavy (non-hydrogen) atoms. The lowest BCUT2D eigenvalue weighted by molar-refractivity contribution is 0.249. The summed E-state index contributed by atoms with van der Waals surface area (Å²) < 4.78 is 26.7. The predicted molar refractivity (Wildman–Crippen MR) is 86.0 cm³/mol. The van der Waals surface area contributed by atoms with Gasteiger partial charge in [-0.05, 0) is 49.6 Å². The molecule has 1 aromatic rings. The van der Waals surface area contributed by atoms with Crippen LogP contribution in [0.4, 0.5) is 0 Å². The third-order valence-corrected chi connectivity index (χ3v) is 6.30. The van der Waals surface area contributed by atoms with E-state index in [1.165, 1.54) is 4.31 Å². The van der Waals surface area contributed by atoms with Crippen molar-refractivity contribution in [3.63, 3.8) is 0 Å². The normalized spacial score (nSPS) is 16.2. The molecule has 0 bridgehead atoms. The van der Waals surface area contributed by atoms with Gasteiger partial charge in [0, 0.05) is 24.7 Å². The number of rotatable bonds is 7. The molecule has 118 valence electrons. The van der Waals surface area contributed by atoms with Gasteiger partial charge in [-0.15, -0.1) is 0 Å². The van der Waals surface area contributed by atoms with E-state index in [4.69, 9.17) is 11.6 Å². The van der Waals surface area contributed by atoms with Crippen molar-refractivity contribution in [3.05, 3.63) is 28.8 Å². The van der Waals surface area contributed by atoms with E-state index < -0.39 is 10.0 Å². The van der Waals surface area contributed by atoms with Gasteiger partial charge in [-0.25, -0.2) is 8.42 Å². The summed E-state index contributed by atoms with van der Waals surface area (Å²) in [5, 5.41) is 3.85. The molecule has 0 radical (unpaired) electrons. The molecule has 0 spiro atoms. The molecule has 1 aliphatic carbocycles. The Morgan fingerprint density at radius 2 is 2.10 bits per heavy atom. The molecule has 0 amide bonds. The Morgan fingerprint density at radius 3 is 2.67 bits per heavy atom. The van der Waals surface area contributed by atoms with Crippen molar-refractivity contribution in [3.8, 4) is 0 Å². The first-order valence-electron chi connectivity index (χ1n) is 7.44. The molecular formula is C15H23ClN2O2S. The molecule has 1 N–H and O–H groups in total. The zero-order chi connectivity index (χ0) is 15.5. The molecule has 0 atom stereocenters. The molecule has 2 rings (SSSR count). The van der Waals surface area contributed by atoms with Crippen molar-refractivity contribution >= 4 is 21.6 Å². The number of nitrogens with zero attached hydrogens (tertiary/aromatic N) is 1. The van der Waals surface area contributed by atoms with Gasteiger partial charge in [0.05, 0.1) is 4.90 Å². The summed E-state index contributed by atoms with van der Waals surface area (Å²) in [5.74, 6) is 0. The number of halogens is 1. The topological polar surface area (TPSA) is 49.4 Å². The molecule has 0 aliphatic heterocycles. The lowest BCUT2D eigenvalue weighted by Crippen LogP contribution is -2.41. The first-order valence-corrected chi connectivity index (χ1v) is 9.25. The van der Waals surface area contributed by atoms with Crippen molar-refractivity contribution in [1.29, 1.82) is 0 Å². The Bertz CT molecular complexity index is 585. The SMILES string of the molecule is CCCNCc1cc(S(=O)(=O)N(C)C2CCC2)ccc1Cl. The average Bonchev–Trinajstić information content (AvgIpc) is 2.39. The molecule has 0 aromatic heterocycles. The van der Waals surface area contributed by atoms with Crippen LogP contribution in [0.5, 0.6) is 0 Å². The second-order valence-electron chi connectivity index (χ2n) is 5.54. The van der Waals surface area contributed by atoms with Crippen LogP contribution in [0.3, 0.4) is 0 Å². The lowest BCUT2D eigenvalue weighted by atomic mass is 9.94. The fourth-order valence-corrected chi connectivity index (χ4v) is 4.01. The fourth-order valence-electron chi connectivity index (χ4n) is 2.36. The van der Waals surface area contributed by atoms with Gasteiger partial charge >= 0.3 is 0 Å². The molecule has 1 aliphatic rings. The van der Waals surface area contributed by atoms with Gasteiger partial charge in [0.1, 0.15) is 0 Å². The van der Waals surface area contributed by atoms with E-state index in [-0.39, 0.29) is 6.04 Å². The minimum atomic E-state index is -3.42. The van der Waals surface area contributed by atoms with E-state index >= 15 is 0 Å². The second kappa shape index (κ2) is 7.09. The summed E-state index contributed by atoms with van der Waals surface area (Å²) in [5.41, 5.74) is 0.827. The van der Waals surface area contributed by atoms with Gasteiger partial charge in [0.2, 0.25) is 10.0 Å². The van der Waals surface area contributed by atoms with Crippen LogP contribution in [-0.2, 0) is 16.6 Å². The minimum absolute atomic E-state index is 0.146. The van der Waals surface area contributed by atoms with Crippen molar-refractivity contribution in [2.24, 2.45) is 0 Å². The highest BCUT2D eigenvalue weighted by Gasteiger charge is 2.31. The van der Waals surface area contributed by atoms with Gasteiger partial charge in [-0.2, -0.15) is 4.31 Å². The molecule has 0 heterocycles. The molecule has 1 saturated carbocycles. The van der Waals surface area contributed by atoms with E-state index in [1.54, 1.807) is 25.2 Å². The smallest absolute Gasteiger partial charge is 0.243 e. The molecular weight excluding hydrogens is 308 g/mol. The Balaban J connectivity index is 2.20. The maximum Gasteiger partial charge on any atom is 0.243 e. The first-order chi connectivity index (χ1) is 9.96. The van der Waals surface area contributed by atoms with Crippen LogP contribution >= 0.6 is 11.6 Å². The fraction of sp³-hybridized carbons (Fsp3) is 0.600. The first kappa shape index (κ1) is 16.7.